The fourth-order valence-electron chi connectivity index (χ4n) is 4.65. The Kier molecular flexibility index (Phi) is 4.96. The molecule has 1 aliphatic heterocycles. The predicted octanol–water partition coefficient (Wildman–Crippen LogP) is 2.42. The van der Waals surface area contributed by atoms with E-state index in [0.29, 0.717) is 24.4 Å². The molecule has 8 heteroatoms. The molecule has 29 heavy (non-hydrogen) atoms. The molecule has 0 unspecified atom stereocenters. The molecule has 3 fully saturated rings. The van der Waals surface area contributed by atoms with Crippen molar-refractivity contribution in [2.75, 3.05) is 13.2 Å². The summed E-state index contributed by atoms with van der Waals surface area (Å²) >= 11 is 0. The van der Waals surface area contributed by atoms with Gasteiger partial charge >= 0.3 is 12.0 Å². The van der Waals surface area contributed by atoms with Gasteiger partial charge in [0.2, 0.25) is 5.78 Å². The number of Topliss-reactive ketones (excluding diaryl/α,β-unsaturated/α-hetero) is 1. The van der Waals surface area contributed by atoms with Gasteiger partial charge in [-0.25, -0.2) is 4.79 Å². The van der Waals surface area contributed by atoms with Crippen LogP contribution in [-0.2, 0) is 14.3 Å². The zero-order valence-electron chi connectivity index (χ0n) is 17.0. The molecule has 8 nitrogen and oxygen atoms in total. The Morgan fingerprint density at radius 1 is 1.21 bits per heavy atom. The van der Waals surface area contributed by atoms with Crippen LogP contribution in [0.2, 0.25) is 0 Å². The van der Waals surface area contributed by atoms with Crippen LogP contribution in [0.3, 0.4) is 0 Å². The molecule has 2 heterocycles. The van der Waals surface area contributed by atoms with Crippen LogP contribution in [-0.4, -0.2) is 51.8 Å². The third-order valence-corrected chi connectivity index (χ3v) is 6.30. The van der Waals surface area contributed by atoms with Crippen LogP contribution in [0.25, 0.3) is 0 Å². The molecule has 156 valence electrons. The number of aryl methyl sites for hydroxylation is 1. The molecule has 0 radical (unpaired) electrons. The smallest absolute Gasteiger partial charge is 0.325 e. The number of rotatable bonds is 7. The molecule has 0 atom stereocenters. The lowest BCUT2D eigenvalue weighted by molar-refractivity contribution is -0.143. The molecule has 1 aromatic heterocycles. The zero-order chi connectivity index (χ0) is 20.8. The van der Waals surface area contributed by atoms with E-state index in [0.717, 1.165) is 42.0 Å². The summed E-state index contributed by atoms with van der Waals surface area (Å²) in [4.78, 5) is 50.4. The van der Waals surface area contributed by atoms with Gasteiger partial charge in [0.25, 0.3) is 5.91 Å². The highest BCUT2D eigenvalue weighted by Crippen LogP contribution is 2.38. The average molecular weight is 401 g/mol. The van der Waals surface area contributed by atoms with Gasteiger partial charge in [-0.05, 0) is 45.6 Å². The Morgan fingerprint density at radius 2 is 1.90 bits per heavy atom. The van der Waals surface area contributed by atoms with Gasteiger partial charge in [0.15, 0.2) is 6.61 Å². The van der Waals surface area contributed by atoms with Crippen LogP contribution in [0.4, 0.5) is 4.79 Å². The Labute approximate surface area is 169 Å². The first-order valence-corrected chi connectivity index (χ1v) is 10.3. The van der Waals surface area contributed by atoms with E-state index in [-0.39, 0.29) is 31.3 Å². The summed E-state index contributed by atoms with van der Waals surface area (Å²) in [6.45, 7) is 3.52. The summed E-state index contributed by atoms with van der Waals surface area (Å²) in [5.74, 6) is -1.09. The van der Waals surface area contributed by atoms with Crippen molar-refractivity contribution in [2.45, 2.75) is 70.4 Å². The summed E-state index contributed by atoms with van der Waals surface area (Å²) in [5.41, 5.74) is 1.76. The van der Waals surface area contributed by atoms with E-state index in [9.17, 15) is 19.2 Å². The molecular weight excluding hydrogens is 374 g/mol. The van der Waals surface area contributed by atoms with Gasteiger partial charge in [-0.1, -0.05) is 12.8 Å². The fraction of sp³-hybridized carbons (Fsp3) is 0.619. The first kappa shape index (κ1) is 19.7. The molecular formula is C21H27N3O5. The molecule has 3 aliphatic rings. The number of amides is 3. The number of nitrogens with one attached hydrogen (secondary N) is 1. The third kappa shape index (κ3) is 3.56. The van der Waals surface area contributed by atoms with Crippen LogP contribution < -0.4 is 5.32 Å². The van der Waals surface area contributed by atoms with E-state index < -0.39 is 17.5 Å². The standard InChI is InChI=1S/C21H27N3O5/c1-13-11-16(14(2)24(13)15-5-6-15)17(25)12-29-18(26)7-10-23-19(27)21(22-20(23)28)8-3-4-9-21/h11,15H,3-10,12H2,1-2H3,(H,22,28). The number of carbonyl (C=O) groups is 4. The molecule has 3 amide bonds. The van der Waals surface area contributed by atoms with Crippen LogP contribution in [0.15, 0.2) is 6.07 Å². The van der Waals surface area contributed by atoms with E-state index in [1.54, 1.807) is 0 Å². The molecule has 4 rings (SSSR count). The summed E-state index contributed by atoms with van der Waals surface area (Å²) in [5, 5.41) is 2.78. The first-order chi connectivity index (χ1) is 13.8. The molecule has 2 aliphatic carbocycles. The zero-order valence-corrected chi connectivity index (χ0v) is 17.0. The molecule has 1 N–H and O–H groups in total. The van der Waals surface area contributed by atoms with E-state index in [1.807, 2.05) is 19.9 Å². The van der Waals surface area contributed by atoms with Crippen LogP contribution in [0.5, 0.6) is 0 Å². The van der Waals surface area contributed by atoms with Gasteiger partial charge in [-0.2, -0.15) is 0 Å². The second-order valence-electron chi connectivity index (χ2n) is 8.40. The second kappa shape index (κ2) is 7.31. The van der Waals surface area contributed by atoms with Crippen molar-refractivity contribution in [1.29, 1.82) is 0 Å². The Bertz CT molecular complexity index is 877. The van der Waals surface area contributed by atoms with E-state index in [2.05, 4.69) is 9.88 Å². The molecule has 1 aromatic rings. The van der Waals surface area contributed by atoms with Gasteiger partial charge < -0.3 is 14.6 Å². The highest BCUT2D eigenvalue weighted by molar-refractivity contribution is 6.07. The minimum absolute atomic E-state index is 0.0321. The van der Waals surface area contributed by atoms with Gasteiger partial charge in [0, 0.05) is 29.5 Å². The number of esters is 1. The molecule has 0 aromatic carbocycles. The highest BCUT2D eigenvalue weighted by Gasteiger charge is 2.52. The van der Waals surface area contributed by atoms with E-state index in [4.69, 9.17) is 4.74 Å². The quantitative estimate of drug-likeness (QED) is 0.430. The van der Waals surface area contributed by atoms with Crippen molar-refractivity contribution < 1.29 is 23.9 Å². The molecule has 1 saturated heterocycles. The molecule has 0 bridgehead atoms. The number of ketones is 1. The van der Waals surface area contributed by atoms with Crippen molar-refractivity contribution in [3.8, 4) is 0 Å². The number of urea groups is 1. The number of carbonyl (C=O) groups excluding carboxylic acids is 4. The lowest BCUT2D eigenvalue weighted by Crippen LogP contribution is -2.44. The summed E-state index contributed by atoms with van der Waals surface area (Å²) in [6.07, 6.45) is 5.24. The normalized spacial score (nSPS) is 20.4. The SMILES string of the molecule is Cc1cc(C(=O)COC(=O)CCN2C(=O)NC3(CCCC3)C2=O)c(C)n1C1CC1. The van der Waals surface area contributed by atoms with E-state index >= 15 is 0 Å². The number of ether oxygens (including phenoxy) is 1. The minimum Gasteiger partial charge on any atom is -0.457 e. The number of hydrogen-bond donors (Lipinski definition) is 1. The van der Waals surface area contributed by atoms with Gasteiger partial charge in [0.05, 0.1) is 6.42 Å². The second-order valence-corrected chi connectivity index (χ2v) is 8.40. The Morgan fingerprint density at radius 3 is 2.55 bits per heavy atom. The lowest BCUT2D eigenvalue weighted by Gasteiger charge is -2.19. The van der Waals surface area contributed by atoms with Crippen molar-refractivity contribution in [1.82, 2.24) is 14.8 Å². The molecule has 2 saturated carbocycles. The van der Waals surface area contributed by atoms with Crippen molar-refractivity contribution in [3.05, 3.63) is 23.0 Å². The number of aromatic nitrogens is 1. The number of nitrogens with zero attached hydrogens (tertiary/aromatic N) is 2. The van der Waals surface area contributed by atoms with Crippen LogP contribution in [0.1, 0.15) is 72.7 Å². The predicted molar refractivity (Wildman–Crippen MR) is 104 cm³/mol. The topological polar surface area (TPSA) is 97.7 Å². The lowest BCUT2D eigenvalue weighted by atomic mass is 9.98. The van der Waals surface area contributed by atoms with E-state index in [1.165, 1.54) is 0 Å². The van der Waals surface area contributed by atoms with Crippen LogP contribution in [0, 0.1) is 13.8 Å². The number of imide groups is 1. The maximum atomic E-state index is 12.6. The van der Waals surface area contributed by atoms with Crippen molar-refractivity contribution >= 4 is 23.7 Å². The fourth-order valence-corrected chi connectivity index (χ4v) is 4.65. The summed E-state index contributed by atoms with van der Waals surface area (Å²) < 4.78 is 7.29. The summed E-state index contributed by atoms with van der Waals surface area (Å²) in [7, 11) is 0. The van der Waals surface area contributed by atoms with Gasteiger partial charge in [0.1, 0.15) is 5.54 Å². The average Bonchev–Trinajstić information content (AvgIpc) is 3.24. The highest BCUT2D eigenvalue weighted by atomic mass is 16.5. The van der Waals surface area contributed by atoms with Gasteiger partial charge in [-0.15, -0.1) is 0 Å². The minimum atomic E-state index is -0.777. The Hall–Kier alpha value is -2.64. The monoisotopic (exact) mass is 401 g/mol. The maximum Gasteiger partial charge on any atom is 0.325 e. The van der Waals surface area contributed by atoms with Gasteiger partial charge in [-0.3, -0.25) is 19.3 Å². The number of hydrogen-bond acceptors (Lipinski definition) is 5. The van der Waals surface area contributed by atoms with Crippen molar-refractivity contribution in [2.24, 2.45) is 0 Å². The van der Waals surface area contributed by atoms with Crippen molar-refractivity contribution in [3.63, 3.8) is 0 Å². The largest absolute Gasteiger partial charge is 0.457 e. The first-order valence-electron chi connectivity index (χ1n) is 10.3. The Balaban J connectivity index is 1.28. The van der Waals surface area contributed by atoms with Crippen LogP contribution >= 0.6 is 0 Å². The summed E-state index contributed by atoms with van der Waals surface area (Å²) in [6, 6.07) is 1.87. The third-order valence-electron chi connectivity index (χ3n) is 6.30. The molecule has 1 spiro atoms. The maximum absolute atomic E-state index is 12.6.